The normalized spacial score (nSPS) is 20.7. The number of rotatable bonds is 5. The van der Waals surface area contributed by atoms with E-state index in [0.29, 0.717) is 42.8 Å². The Labute approximate surface area is 234 Å². The average Bonchev–Trinajstić information content (AvgIpc) is 3.23. The quantitative estimate of drug-likeness (QED) is 0.461. The molecule has 1 amide bonds. The fourth-order valence-electron chi connectivity index (χ4n) is 6.09. The SMILES string of the molecule is Nc1nnc(Cl)cc1N1C[C@H]2CC[C@@H](C1)N2c1cccc(C=C2CCN(C(=O)OCc3ccccc3)CC2)c1. The zero-order chi connectivity index (χ0) is 26.8. The zero-order valence-electron chi connectivity index (χ0n) is 21.9. The lowest BCUT2D eigenvalue weighted by Crippen LogP contribution is -2.54. The van der Waals surface area contributed by atoms with Gasteiger partial charge in [-0.25, -0.2) is 4.79 Å². The van der Waals surface area contributed by atoms with Crippen molar-refractivity contribution in [2.45, 2.75) is 44.4 Å². The second-order valence-electron chi connectivity index (χ2n) is 10.6. The molecular weight excluding hydrogens is 512 g/mol. The number of carbonyl (C=O) groups is 1. The Morgan fingerprint density at radius 3 is 2.49 bits per heavy atom. The molecule has 6 rings (SSSR count). The molecule has 2 atom stereocenters. The van der Waals surface area contributed by atoms with Gasteiger partial charge >= 0.3 is 6.09 Å². The van der Waals surface area contributed by atoms with Crippen molar-refractivity contribution in [3.8, 4) is 0 Å². The second kappa shape index (κ2) is 11.1. The van der Waals surface area contributed by atoms with Crippen LogP contribution in [0.3, 0.4) is 0 Å². The van der Waals surface area contributed by atoms with Crippen LogP contribution in [0.4, 0.5) is 22.0 Å². The highest BCUT2D eigenvalue weighted by Gasteiger charge is 2.40. The minimum atomic E-state index is -0.235. The molecule has 3 aliphatic heterocycles. The molecule has 3 saturated heterocycles. The minimum Gasteiger partial charge on any atom is -0.445 e. The summed E-state index contributed by atoms with van der Waals surface area (Å²) in [6.07, 6.45) is 6.07. The number of likely N-dealkylation sites (tertiary alicyclic amines) is 1. The highest BCUT2D eigenvalue weighted by atomic mass is 35.5. The fourth-order valence-corrected chi connectivity index (χ4v) is 6.23. The molecule has 3 aromatic rings. The van der Waals surface area contributed by atoms with E-state index in [4.69, 9.17) is 22.1 Å². The Balaban J connectivity index is 1.07. The van der Waals surface area contributed by atoms with Crippen LogP contribution >= 0.6 is 11.6 Å². The number of ether oxygens (including phenoxy) is 1. The maximum atomic E-state index is 12.5. The predicted octanol–water partition coefficient (Wildman–Crippen LogP) is 5.39. The Morgan fingerprint density at radius 2 is 1.74 bits per heavy atom. The van der Waals surface area contributed by atoms with Gasteiger partial charge < -0.3 is 25.2 Å². The van der Waals surface area contributed by atoms with Crippen molar-refractivity contribution >= 4 is 41.0 Å². The van der Waals surface area contributed by atoms with Gasteiger partial charge in [-0.1, -0.05) is 65.7 Å². The number of anilines is 3. The van der Waals surface area contributed by atoms with Crippen LogP contribution < -0.4 is 15.5 Å². The first kappa shape index (κ1) is 25.5. The number of amides is 1. The van der Waals surface area contributed by atoms with Crippen molar-refractivity contribution in [1.82, 2.24) is 15.1 Å². The molecule has 0 spiro atoms. The van der Waals surface area contributed by atoms with Crippen molar-refractivity contribution in [1.29, 1.82) is 0 Å². The first-order chi connectivity index (χ1) is 19.0. The van der Waals surface area contributed by atoms with E-state index in [2.05, 4.69) is 50.3 Å². The smallest absolute Gasteiger partial charge is 0.410 e. The summed E-state index contributed by atoms with van der Waals surface area (Å²) in [7, 11) is 0. The van der Waals surface area contributed by atoms with Crippen molar-refractivity contribution in [2.75, 3.05) is 41.7 Å². The number of benzene rings is 2. The molecule has 0 unspecified atom stereocenters. The lowest BCUT2D eigenvalue weighted by molar-refractivity contribution is 0.0936. The molecular formula is C30H33ClN6O2. The molecule has 39 heavy (non-hydrogen) atoms. The van der Waals surface area contributed by atoms with Crippen molar-refractivity contribution in [3.63, 3.8) is 0 Å². The minimum absolute atomic E-state index is 0.235. The number of nitrogen functional groups attached to an aromatic ring is 1. The van der Waals surface area contributed by atoms with Gasteiger partial charge in [-0.3, -0.25) is 0 Å². The van der Waals surface area contributed by atoms with Gasteiger partial charge in [-0.05, 0) is 48.9 Å². The molecule has 0 saturated carbocycles. The Bertz CT molecular complexity index is 1340. The van der Waals surface area contributed by atoms with E-state index in [1.807, 2.05) is 41.3 Å². The molecule has 9 heteroatoms. The number of piperidine rings is 1. The van der Waals surface area contributed by atoms with Gasteiger partial charge in [0.25, 0.3) is 0 Å². The summed E-state index contributed by atoms with van der Waals surface area (Å²) >= 11 is 6.11. The first-order valence-corrected chi connectivity index (χ1v) is 14.0. The maximum Gasteiger partial charge on any atom is 0.410 e. The van der Waals surface area contributed by atoms with E-state index in [1.54, 1.807) is 0 Å². The summed E-state index contributed by atoms with van der Waals surface area (Å²) in [5.74, 6) is 0.427. The maximum absolute atomic E-state index is 12.5. The van der Waals surface area contributed by atoms with E-state index >= 15 is 0 Å². The Hall–Kier alpha value is -3.78. The molecule has 2 bridgehead atoms. The van der Waals surface area contributed by atoms with E-state index in [-0.39, 0.29) is 6.09 Å². The number of hydrogen-bond donors (Lipinski definition) is 1. The van der Waals surface area contributed by atoms with Gasteiger partial charge in [0.1, 0.15) is 6.61 Å². The van der Waals surface area contributed by atoms with Crippen molar-refractivity contribution in [2.24, 2.45) is 0 Å². The summed E-state index contributed by atoms with van der Waals surface area (Å²) in [6.45, 7) is 3.43. The number of fused-ring (bicyclic) bond motifs is 2. The first-order valence-electron chi connectivity index (χ1n) is 13.6. The van der Waals surface area contributed by atoms with Crippen molar-refractivity contribution in [3.05, 3.63) is 82.5 Å². The Kier molecular flexibility index (Phi) is 7.28. The third kappa shape index (κ3) is 5.66. The standard InChI is InChI=1S/C30H33ClN6O2/c31-28-17-27(29(32)34-33-28)36-18-25-9-10-26(19-36)37(25)24-8-4-7-23(16-24)15-21-11-13-35(14-12-21)30(38)39-20-22-5-2-1-3-6-22/h1-8,15-17,25-26H,9-14,18-20H2,(H2,32,34)/t25-,26+. The number of halogens is 1. The Morgan fingerprint density at radius 1 is 1.00 bits per heavy atom. The number of nitrogens with zero attached hydrogens (tertiary/aromatic N) is 5. The molecule has 2 aromatic carbocycles. The lowest BCUT2D eigenvalue weighted by atomic mass is 10.0. The summed E-state index contributed by atoms with van der Waals surface area (Å²) < 4.78 is 5.52. The predicted molar refractivity (Wildman–Crippen MR) is 155 cm³/mol. The van der Waals surface area contributed by atoms with E-state index in [1.165, 1.54) is 16.8 Å². The van der Waals surface area contributed by atoms with E-state index in [0.717, 1.165) is 50.0 Å². The lowest BCUT2D eigenvalue weighted by Gasteiger charge is -2.43. The van der Waals surface area contributed by atoms with Gasteiger partial charge in [0, 0.05) is 50.0 Å². The highest BCUT2D eigenvalue weighted by molar-refractivity contribution is 6.29. The van der Waals surface area contributed by atoms with Gasteiger partial charge in [0.15, 0.2) is 11.0 Å². The fraction of sp³-hybridized carbons (Fsp3) is 0.367. The third-order valence-electron chi connectivity index (χ3n) is 8.00. The molecule has 8 nitrogen and oxygen atoms in total. The van der Waals surface area contributed by atoms with Crippen LogP contribution in [0.5, 0.6) is 0 Å². The summed E-state index contributed by atoms with van der Waals surface area (Å²) in [4.78, 5) is 19.2. The third-order valence-corrected chi connectivity index (χ3v) is 8.19. The summed E-state index contributed by atoms with van der Waals surface area (Å²) in [6, 6.07) is 21.3. The molecule has 1 aromatic heterocycles. The molecule has 0 aliphatic carbocycles. The number of carbonyl (C=O) groups excluding carboxylic acids is 1. The molecule has 4 heterocycles. The number of hydrogen-bond acceptors (Lipinski definition) is 7. The van der Waals surface area contributed by atoms with Crippen LogP contribution in [0.15, 0.2) is 66.2 Å². The largest absolute Gasteiger partial charge is 0.445 e. The summed E-state index contributed by atoms with van der Waals surface area (Å²) in [5.41, 5.74) is 11.8. The summed E-state index contributed by atoms with van der Waals surface area (Å²) in [5, 5.41) is 8.24. The second-order valence-corrected chi connectivity index (χ2v) is 10.9. The molecule has 202 valence electrons. The average molecular weight is 545 g/mol. The van der Waals surface area contributed by atoms with Crippen LogP contribution in [0.1, 0.15) is 36.8 Å². The number of aromatic nitrogens is 2. The van der Waals surface area contributed by atoms with Gasteiger partial charge in [-0.15, -0.1) is 10.2 Å². The molecule has 0 radical (unpaired) electrons. The van der Waals surface area contributed by atoms with Gasteiger partial charge in [0.2, 0.25) is 0 Å². The topological polar surface area (TPSA) is 87.8 Å². The molecule has 3 fully saturated rings. The highest BCUT2D eigenvalue weighted by Crippen LogP contribution is 2.38. The van der Waals surface area contributed by atoms with E-state index < -0.39 is 0 Å². The van der Waals surface area contributed by atoms with Crippen LogP contribution in [0.2, 0.25) is 5.15 Å². The van der Waals surface area contributed by atoms with Crippen molar-refractivity contribution < 1.29 is 9.53 Å². The van der Waals surface area contributed by atoms with E-state index in [9.17, 15) is 4.79 Å². The zero-order valence-corrected chi connectivity index (χ0v) is 22.6. The van der Waals surface area contributed by atoms with Crippen LogP contribution in [-0.4, -0.2) is 59.5 Å². The molecule has 3 aliphatic rings. The number of piperazine rings is 1. The monoisotopic (exact) mass is 544 g/mol. The van der Waals surface area contributed by atoms with Gasteiger partial charge in [-0.2, -0.15) is 0 Å². The van der Waals surface area contributed by atoms with Crippen LogP contribution in [-0.2, 0) is 11.3 Å². The molecule has 2 N–H and O–H groups in total. The number of nitrogens with two attached hydrogens (primary N) is 1. The van der Waals surface area contributed by atoms with Crippen LogP contribution in [0, 0.1) is 0 Å². The van der Waals surface area contributed by atoms with Gasteiger partial charge in [0.05, 0.1) is 5.69 Å². The van der Waals surface area contributed by atoms with Crippen LogP contribution in [0.25, 0.3) is 6.08 Å².